The van der Waals surface area contributed by atoms with Gasteiger partial charge >= 0.3 is 6.03 Å². The van der Waals surface area contributed by atoms with Crippen molar-refractivity contribution in [2.75, 3.05) is 16.1 Å². The number of halogens is 2. The highest BCUT2D eigenvalue weighted by Crippen LogP contribution is 2.41. The summed E-state index contributed by atoms with van der Waals surface area (Å²) >= 11 is 13.1. The molecule has 0 saturated heterocycles. The lowest BCUT2D eigenvalue weighted by Gasteiger charge is -2.37. The van der Waals surface area contributed by atoms with E-state index in [2.05, 4.69) is 55.0 Å². The number of fused-ring (bicyclic) bond motifs is 1. The van der Waals surface area contributed by atoms with Crippen LogP contribution in [0.3, 0.4) is 0 Å². The van der Waals surface area contributed by atoms with E-state index in [0.717, 1.165) is 11.8 Å². The molecule has 0 aliphatic carbocycles. The second-order valence-corrected chi connectivity index (χ2v) is 18.2. The summed E-state index contributed by atoms with van der Waals surface area (Å²) in [5, 5.41) is 2.60. The molecule has 1 aromatic heterocycles. The molecule has 0 saturated carbocycles. The molecular weight excluding hydrogens is 695 g/mol. The summed E-state index contributed by atoms with van der Waals surface area (Å²) in [6.45, 7) is 6.55. The molecule has 1 atom stereocenters. The van der Waals surface area contributed by atoms with Crippen molar-refractivity contribution in [3.05, 3.63) is 130 Å². The molecule has 8 nitrogen and oxygen atoms in total. The summed E-state index contributed by atoms with van der Waals surface area (Å²) in [5.41, 5.74) is 2.08. The number of urea groups is 1. The minimum absolute atomic E-state index is 0.0444. The van der Waals surface area contributed by atoms with E-state index in [0.29, 0.717) is 33.4 Å². The first-order valence-corrected chi connectivity index (χ1v) is 20.0. The molecule has 2 amide bonds. The molecule has 252 valence electrons. The number of carbonyl (C=O) groups excluding carboxylic acids is 1. The number of hydrogen-bond acceptors (Lipinski definition) is 6. The molecule has 12 heteroatoms. The Balaban J connectivity index is 1.41. The highest BCUT2D eigenvalue weighted by molar-refractivity contribution is 7.90. The zero-order chi connectivity index (χ0) is 34.9. The summed E-state index contributed by atoms with van der Waals surface area (Å²) in [7, 11) is -5.85. The van der Waals surface area contributed by atoms with Crippen LogP contribution in [-0.2, 0) is 27.2 Å². The summed E-state index contributed by atoms with van der Waals surface area (Å²) in [6, 6.07) is 32.9. The van der Waals surface area contributed by atoms with Gasteiger partial charge in [0, 0.05) is 18.0 Å². The van der Waals surface area contributed by atoms with Gasteiger partial charge in [0.15, 0.2) is 5.82 Å². The zero-order valence-corrected chi connectivity index (χ0v) is 31.0. The Labute approximate surface area is 299 Å². The molecule has 1 aliphatic rings. The topological polar surface area (TPSA) is 92.7 Å². The number of hydrogen-bond donors (Lipinski definition) is 0. The van der Waals surface area contributed by atoms with Crippen molar-refractivity contribution in [2.45, 2.75) is 45.0 Å². The first-order chi connectivity index (χ1) is 23.3. The van der Waals surface area contributed by atoms with Gasteiger partial charge in [-0.25, -0.2) is 23.1 Å². The minimum Gasteiger partial charge on any atom is -0.407 e. The van der Waals surface area contributed by atoms with Gasteiger partial charge in [0.1, 0.15) is 0 Å². The fourth-order valence-corrected chi connectivity index (χ4v) is 9.61. The molecule has 49 heavy (non-hydrogen) atoms. The SMILES string of the molecule is CC(C)(C)C(Cc1cccc(N2C(=O)N(c3c(Cl)cccc3Cl)Cc3cnc(S(C)(=O)=O)nc32)c1)O[SiH](c1ccccc1)c1ccccc1. The van der Waals surface area contributed by atoms with E-state index in [1.165, 1.54) is 26.4 Å². The molecule has 1 unspecified atom stereocenters. The molecule has 1 aliphatic heterocycles. The number of carbonyl (C=O) groups is 1. The molecule has 4 aromatic carbocycles. The van der Waals surface area contributed by atoms with Gasteiger partial charge in [-0.3, -0.25) is 4.90 Å². The maximum atomic E-state index is 14.4. The molecule has 0 N–H and O–H groups in total. The van der Waals surface area contributed by atoms with Crippen molar-refractivity contribution in [2.24, 2.45) is 5.41 Å². The van der Waals surface area contributed by atoms with Crippen LogP contribution in [0.2, 0.25) is 10.0 Å². The Morgan fingerprint density at radius 1 is 0.878 bits per heavy atom. The smallest absolute Gasteiger partial charge is 0.335 e. The van der Waals surface area contributed by atoms with Gasteiger partial charge in [-0.2, -0.15) is 4.98 Å². The van der Waals surface area contributed by atoms with Crippen LogP contribution < -0.4 is 20.2 Å². The third-order valence-electron chi connectivity index (χ3n) is 8.38. The van der Waals surface area contributed by atoms with Crippen LogP contribution in [0.25, 0.3) is 0 Å². The lowest BCUT2D eigenvalue weighted by Crippen LogP contribution is -2.50. The Hall–Kier alpha value is -4.06. The standard InChI is InChI=1S/C37H36Cl2N4O4SSi/c1-37(2,3)32(47-49(28-15-7-5-8-16-28)29-17-9-6-10-18-29)22-25-13-11-14-27(21-25)43-34-26(23-40-35(41-34)48(4,45)46)24-42(36(43)44)33-30(38)19-12-20-31(33)39/h5-21,23,32,49H,22,24H2,1-4H3. The van der Waals surface area contributed by atoms with Gasteiger partial charge in [0.2, 0.25) is 24.0 Å². The van der Waals surface area contributed by atoms with Crippen molar-refractivity contribution < 1.29 is 17.6 Å². The molecular formula is C37H36Cl2N4O4SSi. The summed E-state index contributed by atoms with van der Waals surface area (Å²) < 4.78 is 32.1. The molecule has 6 rings (SSSR count). The van der Waals surface area contributed by atoms with E-state index in [9.17, 15) is 13.2 Å². The summed E-state index contributed by atoms with van der Waals surface area (Å²) in [6.07, 6.45) is 2.85. The summed E-state index contributed by atoms with van der Waals surface area (Å²) in [4.78, 5) is 25.8. The van der Waals surface area contributed by atoms with Gasteiger partial charge in [-0.1, -0.05) is 123 Å². The number of benzene rings is 4. The number of rotatable bonds is 9. The number of aromatic nitrogens is 2. The van der Waals surface area contributed by atoms with Crippen molar-refractivity contribution in [3.8, 4) is 0 Å². The molecule has 0 fully saturated rings. The van der Waals surface area contributed by atoms with Crippen LogP contribution in [0.1, 0.15) is 31.9 Å². The van der Waals surface area contributed by atoms with E-state index in [4.69, 9.17) is 27.6 Å². The Morgan fingerprint density at radius 2 is 1.47 bits per heavy atom. The van der Waals surface area contributed by atoms with Crippen molar-refractivity contribution >= 4 is 75.7 Å². The van der Waals surface area contributed by atoms with Crippen LogP contribution in [0.4, 0.5) is 22.0 Å². The Kier molecular flexibility index (Phi) is 9.97. The van der Waals surface area contributed by atoms with E-state index < -0.39 is 24.9 Å². The Bertz CT molecular complexity index is 2040. The first kappa shape index (κ1) is 34.8. The van der Waals surface area contributed by atoms with E-state index in [1.807, 2.05) is 54.6 Å². The van der Waals surface area contributed by atoms with Crippen molar-refractivity contribution in [1.82, 2.24) is 9.97 Å². The van der Waals surface area contributed by atoms with Gasteiger partial charge in [-0.15, -0.1) is 0 Å². The third kappa shape index (κ3) is 7.58. The summed E-state index contributed by atoms with van der Waals surface area (Å²) in [5.74, 6) is 0.182. The lowest BCUT2D eigenvalue weighted by molar-refractivity contribution is 0.0897. The maximum Gasteiger partial charge on any atom is 0.335 e. The maximum absolute atomic E-state index is 14.4. The number of para-hydroxylation sites is 1. The van der Waals surface area contributed by atoms with Gasteiger partial charge in [0.05, 0.1) is 34.1 Å². The van der Waals surface area contributed by atoms with Gasteiger partial charge < -0.3 is 4.43 Å². The van der Waals surface area contributed by atoms with Gasteiger partial charge in [0.25, 0.3) is 0 Å². The molecule has 0 spiro atoms. The van der Waals surface area contributed by atoms with Gasteiger partial charge in [-0.05, 0) is 52.0 Å². The minimum atomic E-state index is -3.77. The predicted octanol–water partition coefficient (Wildman–Crippen LogP) is 6.98. The average Bonchev–Trinajstić information content (AvgIpc) is 3.06. The van der Waals surface area contributed by atoms with E-state index >= 15 is 0 Å². The van der Waals surface area contributed by atoms with Crippen LogP contribution in [0, 0.1) is 5.41 Å². The van der Waals surface area contributed by atoms with Crippen LogP contribution >= 0.6 is 23.2 Å². The van der Waals surface area contributed by atoms with Crippen molar-refractivity contribution in [3.63, 3.8) is 0 Å². The molecule has 0 radical (unpaired) electrons. The zero-order valence-electron chi connectivity index (χ0n) is 27.5. The number of sulfone groups is 1. The fraction of sp³-hybridized carbons (Fsp3) is 0.216. The number of anilines is 3. The third-order valence-corrected chi connectivity index (χ3v) is 12.4. The molecule has 0 bridgehead atoms. The highest BCUT2D eigenvalue weighted by atomic mass is 35.5. The second kappa shape index (κ2) is 14.0. The monoisotopic (exact) mass is 730 g/mol. The fourth-order valence-electron chi connectivity index (χ4n) is 5.83. The predicted molar refractivity (Wildman–Crippen MR) is 199 cm³/mol. The van der Waals surface area contributed by atoms with E-state index in [1.54, 1.807) is 24.3 Å². The quantitative estimate of drug-likeness (QED) is 0.120. The normalized spacial score (nSPS) is 14.2. The van der Waals surface area contributed by atoms with Crippen LogP contribution in [0.15, 0.2) is 114 Å². The average molecular weight is 732 g/mol. The first-order valence-electron chi connectivity index (χ1n) is 15.8. The number of amides is 2. The number of nitrogens with zero attached hydrogens (tertiary/aromatic N) is 4. The highest BCUT2D eigenvalue weighted by Gasteiger charge is 2.37. The molecule has 2 heterocycles. The van der Waals surface area contributed by atoms with Crippen LogP contribution in [0.5, 0.6) is 0 Å². The van der Waals surface area contributed by atoms with E-state index in [-0.39, 0.29) is 29.0 Å². The van der Waals surface area contributed by atoms with Crippen LogP contribution in [-0.4, -0.2) is 45.8 Å². The second-order valence-electron chi connectivity index (χ2n) is 13.1. The van der Waals surface area contributed by atoms with Crippen molar-refractivity contribution in [1.29, 1.82) is 0 Å². The largest absolute Gasteiger partial charge is 0.407 e. The Morgan fingerprint density at radius 3 is 2.04 bits per heavy atom. The molecule has 5 aromatic rings. The lowest BCUT2D eigenvalue weighted by atomic mass is 9.85.